The van der Waals surface area contributed by atoms with Gasteiger partial charge in [0.2, 0.25) is 0 Å². The van der Waals surface area contributed by atoms with E-state index in [1.54, 1.807) is 0 Å². The highest BCUT2D eigenvalue weighted by molar-refractivity contribution is 5.77. The lowest BCUT2D eigenvalue weighted by Gasteiger charge is -2.21. The Labute approximate surface area is 73.8 Å². The largest absolute Gasteiger partial charge is 0.264 e. The van der Waals surface area contributed by atoms with Gasteiger partial charge >= 0.3 is 0 Å². The molecule has 0 spiro atoms. The second-order valence-electron chi connectivity index (χ2n) is 3.76. The van der Waals surface area contributed by atoms with Gasteiger partial charge in [-0.2, -0.15) is 10.9 Å². The summed E-state index contributed by atoms with van der Waals surface area (Å²) in [7, 11) is 0. The van der Waals surface area contributed by atoms with Crippen molar-refractivity contribution in [3.63, 3.8) is 0 Å². The van der Waals surface area contributed by atoms with Gasteiger partial charge in [-0.15, -0.1) is 0 Å². The molecule has 0 aromatic carbocycles. The molecule has 0 aliphatic carbocycles. The van der Waals surface area contributed by atoms with Crippen LogP contribution in [0.3, 0.4) is 0 Å². The van der Waals surface area contributed by atoms with Gasteiger partial charge in [-0.25, -0.2) is 0 Å². The van der Waals surface area contributed by atoms with E-state index in [1.807, 2.05) is 5.01 Å². The maximum Gasteiger partial charge on any atom is 0.264 e. The Balaban J connectivity index is 2.17. The van der Waals surface area contributed by atoms with Crippen molar-refractivity contribution in [3.8, 4) is 0 Å². The Hall–Kier alpha value is -0.570. The average molecular weight is 168 g/mol. The van der Waals surface area contributed by atoms with Gasteiger partial charge in [0, 0.05) is 6.42 Å². The van der Waals surface area contributed by atoms with E-state index in [0.29, 0.717) is 0 Å². The Kier molecular flexibility index (Phi) is 2.30. The van der Waals surface area contributed by atoms with Gasteiger partial charge in [0.15, 0.2) is 0 Å². The molecule has 0 atom stereocenters. The smallest absolute Gasteiger partial charge is 0.264 e. The molecule has 2 heterocycles. The average Bonchev–Trinajstić information content (AvgIpc) is 2.30. The molecule has 0 aromatic rings. The highest BCUT2D eigenvalue weighted by Crippen LogP contribution is 2.12. The molecule has 2 aliphatic heterocycles. The SMILES string of the molecule is NN1CCC[N+]2=C1CCCCC2. The van der Waals surface area contributed by atoms with E-state index >= 15 is 0 Å². The standard InChI is InChI=1S/C9H18N3/c10-12-8-4-7-11-6-3-1-2-5-9(11)12/h1-8,10H2/q+1. The van der Waals surface area contributed by atoms with Crippen molar-refractivity contribution in [2.75, 3.05) is 19.6 Å². The normalized spacial score (nSPS) is 25.2. The fraction of sp³-hybridized carbons (Fsp3) is 0.889. The first-order chi connectivity index (χ1) is 5.88. The quantitative estimate of drug-likeness (QED) is 0.423. The third-order valence-electron chi connectivity index (χ3n) is 2.85. The minimum atomic E-state index is 1.05. The summed E-state index contributed by atoms with van der Waals surface area (Å²) < 4.78 is 2.47. The van der Waals surface area contributed by atoms with Crippen molar-refractivity contribution >= 4 is 5.84 Å². The van der Waals surface area contributed by atoms with Gasteiger partial charge in [-0.05, 0) is 19.3 Å². The van der Waals surface area contributed by atoms with Crippen LogP contribution in [0.15, 0.2) is 0 Å². The van der Waals surface area contributed by atoms with Crippen molar-refractivity contribution in [1.29, 1.82) is 0 Å². The zero-order valence-electron chi connectivity index (χ0n) is 7.63. The van der Waals surface area contributed by atoms with Crippen molar-refractivity contribution in [2.24, 2.45) is 5.84 Å². The van der Waals surface area contributed by atoms with Crippen LogP contribution >= 0.6 is 0 Å². The van der Waals surface area contributed by atoms with E-state index in [1.165, 1.54) is 51.0 Å². The molecule has 0 amide bonds. The van der Waals surface area contributed by atoms with Crippen LogP contribution in [-0.2, 0) is 0 Å². The molecule has 68 valence electrons. The minimum Gasteiger partial charge on any atom is -0.264 e. The second-order valence-corrected chi connectivity index (χ2v) is 3.76. The van der Waals surface area contributed by atoms with Crippen LogP contribution in [0.1, 0.15) is 32.1 Å². The number of hydrogen-bond donors (Lipinski definition) is 1. The molecule has 0 unspecified atom stereocenters. The first-order valence-electron chi connectivity index (χ1n) is 5.01. The predicted octanol–water partition coefficient (Wildman–Crippen LogP) is 0.551. The summed E-state index contributed by atoms with van der Waals surface area (Å²) in [6, 6.07) is 0. The van der Waals surface area contributed by atoms with E-state index in [4.69, 9.17) is 5.84 Å². The van der Waals surface area contributed by atoms with Crippen LogP contribution < -0.4 is 5.84 Å². The molecular weight excluding hydrogens is 150 g/mol. The van der Waals surface area contributed by atoms with Gasteiger partial charge < -0.3 is 0 Å². The number of amidine groups is 1. The van der Waals surface area contributed by atoms with E-state index in [9.17, 15) is 0 Å². The van der Waals surface area contributed by atoms with Gasteiger partial charge in [0.1, 0.15) is 6.54 Å². The summed E-state index contributed by atoms with van der Waals surface area (Å²) in [5.41, 5.74) is 0. The molecule has 0 bridgehead atoms. The van der Waals surface area contributed by atoms with Crippen LogP contribution in [0.4, 0.5) is 0 Å². The number of hydrazine groups is 1. The molecule has 0 fully saturated rings. The van der Waals surface area contributed by atoms with Crippen LogP contribution in [-0.4, -0.2) is 35.1 Å². The second kappa shape index (κ2) is 3.44. The van der Waals surface area contributed by atoms with Gasteiger partial charge in [0.05, 0.1) is 19.5 Å². The lowest BCUT2D eigenvalue weighted by Crippen LogP contribution is -2.47. The first kappa shape index (κ1) is 8.05. The summed E-state index contributed by atoms with van der Waals surface area (Å²) in [6.45, 7) is 3.50. The molecule has 12 heavy (non-hydrogen) atoms. The Bertz CT molecular complexity index is 198. The summed E-state index contributed by atoms with van der Waals surface area (Å²) in [5.74, 6) is 7.30. The molecule has 0 radical (unpaired) electrons. The maximum absolute atomic E-state index is 5.91. The van der Waals surface area contributed by atoms with E-state index in [-0.39, 0.29) is 0 Å². The van der Waals surface area contributed by atoms with Gasteiger partial charge in [0.25, 0.3) is 5.84 Å². The zero-order chi connectivity index (χ0) is 8.39. The third kappa shape index (κ3) is 1.46. The molecule has 0 saturated carbocycles. The molecule has 3 nitrogen and oxygen atoms in total. The lowest BCUT2D eigenvalue weighted by molar-refractivity contribution is -0.539. The van der Waals surface area contributed by atoms with Gasteiger partial charge in [-0.3, -0.25) is 4.58 Å². The molecule has 2 N–H and O–H groups in total. The first-order valence-corrected chi connectivity index (χ1v) is 5.01. The molecule has 0 aromatic heterocycles. The van der Waals surface area contributed by atoms with E-state index in [2.05, 4.69) is 4.58 Å². The Morgan fingerprint density at radius 1 is 1.08 bits per heavy atom. The van der Waals surface area contributed by atoms with Crippen molar-refractivity contribution in [1.82, 2.24) is 5.01 Å². The summed E-state index contributed by atoms with van der Waals surface area (Å²) in [6.07, 6.45) is 6.45. The lowest BCUT2D eigenvalue weighted by atomic mass is 10.2. The van der Waals surface area contributed by atoms with Crippen LogP contribution in [0, 0.1) is 0 Å². The topological polar surface area (TPSA) is 32.3 Å². The van der Waals surface area contributed by atoms with Crippen LogP contribution in [0.25, 0.3) is 0 Å². The minimum absolute atomic E-state index is 1.05. The third-order valence-corrected chi connectivity index (χ3v) is 2.85. The monoisotopic (exact) mass is 168 g/mol. The zero-order valence-corrected chi connectivity index (χ0v) is 7.63. The van der Waals surface area contributed by atoms with Crippen molar-refractivity contribution in [3.05, 3.63) is 0 Å². The van der Waals surface area contributed by atoms with Crippen LogP contribution in [0.5, 0.6) is 0 Å². The van der Waals surface area contributed by atoms with Crippen LogP contribution in [0.2, 0.25) is 0 Å². The van der Waals surface area contributed by atoms with Crippen molar-refractivity contribution < 1.29 is 4.58 Å². The number of nitrogens with two attached hydrogens (primary N) is 1. The van der Waals surface area contributed by atoms with E-state index in [0.717, 1.165) is 6.54 Å². The fourth-order valence-electron chi connectivity index (χ4n) is 2.18. The fourth-order valence-corrected chi connectivity index (χ4v) is 2.18. The molecule has 0 saturated heterocycles. The highest BCUT2D eigenvalue weighted by Gasteiger charge is 2.25. The summed E-state index contributed by atoms with van der Waals surface area (Å²) in [4.78, 5) is 0. The van der Waals surface area contributed by atoms with Crippen molar-refractivity contribution in [2.45, 2.75) is 32.1 Å². The molecule has 3 heteroatoms. The van der Waals surface area contributed by atoms with Gasteiger partial charge in [-0.1, -0.05) is 0 Å². The van der Waals surface area contributed by atoms with E-state index < -0.39 is 0 Å². The molecule has 2 aliphatic rings. The molecular formula is C9H18N3+. The number of rotatable bonds is 0. The number of hydrogen-bond acceptors (Lipinski definition) is 2. The predicted molar refractivity (Wildman–Crippen MR) is 49.0 cm³/mol. The Morgan fingerprint density at radius 2 is 1.92 bits per heavy atom. The number of nitrogens with zero attached hydrogens (tertiary/aromatic N) is 2. The molecule has 2 rings (SSSR count). The Morgan fingerprint density at radius 3 is 2.83 bits per heavy atom. The summed E-state index contributed by atoms with van der Waals surface area (Å²) in [5, 5.41) is 1.95. The summed E-state index contributed by atoms with van der Waals surface area (Å²) >= 11 is 0. The maximum atomic E-state index is 5.91. The highest BCUT2D eigenvalue weighted by atomic mass is 15.5.